The quantitative estimate of drug-likeness (QED) is 0.582. The predicted molar refractivity (Wildman–Crippen MR) is 76.6 cm³/mol. The molecule has 20 heavy (non-hydrogen) atoms. The first kappa shape index (κ1) is 12.3. The zero-order valence-corrected chi connectivity index (χ0v) is 10.7. The van der Waals surface area contributed by atoms with E-state index >= 15 is 0 Å². The van der Waals surface area contributed by atoms with Gasteiger partial charge < -0.3 is 4.98 Å². The van der Waals surface area contributed by atoms with Crippen LogP contribution in [0.25, 0.3) is 10.9 Å². The summed E-state index contributed by atoms with van der Waals surface area (Å²) in [4.78, 5) is 17.6. The minimum absolute atomic E-state index is 0.127. The van der Waals surface area contributed by atoms with E-state index in [1.165, 1.54) is 11.6 Å². The molecule has 0 fully saturated rings. The lowest BCUT2D eigenvalue weighted by molar-refractivity contribution is -0.384. The Bertz CT molecular complexity index is 750. The molecule has 5 nitrogen and oxygen atoms in total. The van der Waals surface area contributed by atoms with Gasteiger partial charge in [-0.3, -0.25) is 15.1 Å². The van der Waals surface area contributed by atoms with Crippen LogP contribution in [0.5, 0.6) is 0 Å². The molecule has 1 N–H and O–H groups in total. The Kier molecular flexibility index (Phi) is 3.16. The normalized spacial score (nSPS) is 10.8. The van der Waals surface area contributed by atoms with Crippen molar-refractivity contribution < 1.29 is 4.92 Å². The van der Waals surface area contributed by atoms with E-state index < -0.39 is 0 Å². The van der Waals surface area contributed by atoms with E-state index in [-0.39, 0.29) is 10.6 Å². The van der Waals surface area contributed by atoms with E-state index in [0.717, 1.165) is 29.3 Å². The summed E-state index contributed by atoms with van der Waals surface area (Å²) in [5.74, 6) is 0. The molecule has 1 aromatic carbocycles. The van der Waals surface area contributed by atoms with E-state index in [1.54, 1.807) is 24.5 Å². The summed E-state index contributed by atoms with van der Waals surface area (Å²) in [5, 5.41) is 11.8. The lowest BCUT2D eigenvalue weighted by atomic mass is 10.0. The molecular formula is C15H13N3O2. The fourth-order valence-electron chi connectivity index (χ4n) is 2.32. The Morgan fingerprint density at radius 1 is 1.15 bits per heavy atom. The number of nitrogens with zero attached hydrogens (tertiary/aromatic N) is 2. The molecule has 0 aliphatic heterocycles. The smallest absolute Gasteiger partial charge is 0.270 e. The number of nitrogens with one attached hydrogen (secondary N) is 1. The lowest BCUT2D eigenvalue weighted by Gasteiger charge is -2.00. The van der Waals surface area contributed by atoms with Gasteiger partial charge in [0.15, 0.2) is 0 Å². The van der Waals surface area contributed by atoms with Gasteiger partial charge in [-0.2, -0.15) is 0 Å². The molecule has 5 heteroatoms. The third-order valence-corrected chi connectivity index (χ3v) is 3.39. The first-order valence-corrected chi connectivity index (χ1v) is 6.37. The number of benzene rings is 1. The maximum absolute atomic E-state index is 10.8. The molecule has 0 bridgehead atoms. The molecule has 2 aromatic heterocycles. The summed E-state index contributed by atoms with van der Waals surface area (Å²) in [5.41, 5.74) is 3.36. The number of H-pyrrole nitrogens is 1. The van der Waals surface area contributed by atoms with Gasteiger partial charge in [0.05, 0.1) is 4.92 Å². The maximum Gasteiger partial charge on any atom is 0.270 e. The Labute approximate surface area is 115 Å². The highest BCUT2D eigenvalue weighted by molar-refractivity contribution is 5.85. The number of aryl methyl sites for hydroxylation is 2. The number of pyridine rings is 1. The Morgan fingerprint density at radius 3 is 2.70 bits per heavy atom. The average Bonchev–Trinajstić information content (AvgIpc) is 2.88. The molecule has 0 amide bonds. The van der Waals surface area contributed by atoms with Gasteiger partial charge in [0.2, 0.25) is 0 Å². The summed E-state index contributed by atoms with van der Waals surface area (Å²) in [6.07, 6.45) is 7.20. The Hall–Kier alpha value is -2.69. The van der Waals surface area contributed by atoms with Crippen molar-refractivity contribution >= 4 is 16.6 Å². The van der Waals surface area contributed by atoms with Crippen molar-refractivity contribution in [2.75, 3.05) is 0 Å². The number of aromatic nitrogens is 2. The minimum atomic E-state index is -0.362. The highest BCUT2D eigenvalue weighted by atomic mass is 16.6. The van der Waals surface area contributed by atoms with Crippen molar-refractivity contribution in [1.82, 2.24) is 9.97 Å². The molecule has 0 saturated carbocycles. The highest BCUT2D eigenvalue weighted by Gasteiger charge is 2.10. The van der Waals surface area contributed by atoms with E-state index in [2.05, 4.69) is 9.97 Å². The van der Waals surface area contributed by atoms with Crippen molar-refractivity contribution in [3.63, 3.8) is 0 Å². The number of fused-ring (bicyclic) bond motifs is 1. The zero-order chi connectivity index (χ0) is 13.9. The molecule has 3 aromatic rings. The molecule has 0 spiro atoms. The summed E-state index contributed by atoms with van der Waals surface area (Å²) >= 11 is 0. The number of non-ortho nitro benzene ring substituents is 1. The van der Waals surface area contributed by atoms with Gasteiger partial charge in [0, 0.05) is 41.6 Å². The van der Waals surface area contributed by atoms with E-state index in [4.69, 9.17) is 0 Å². The number of hydrogen-bond acceptors (Lipinski definition) is 3. The van der Waals surface area contributed by atoms with Crippen LogP contribution in [-0.4, -0.2) is 14.9 Å². The number of hydrogen-bond donors (Lipinski definition) is 1. The number of nitro benzene ring substituents is 1. The summed E-state index contributed by atoms with van der Waals surface area (Å²) in [7, 11) is 0. The fourth-order valence-corrected chi connectivity index (χ4v) is 2.32. The molecule has 0 aliphatic carbocycles. The van der Waals surface area contributed by atoms with Crippen LogP contribution in [-0.2, 0) is 12.8 Å². The summed E-state index contributed by atoms with van der Waals surface area (Å²) < 4.78 is 0. The van der Waals surface area contributed by atoms with Gasteiger partial charge in [0.1, 0.15) is 0 Å². The van der Waals surface area contributed by atoms with Crippen LogP contribution >= 0.6 is 0 Å². The molecular weight excluding hydrogens is 254 g/mol. The van der Waals surface area contributed by atoms with Crippen LogP contribution in [0.3, 0.4) is 0 Å². The number of rotatable bonds is 4. The first-order valence-electron chi connectivity index (χ1n) is 6.37. The van der Waals surface area contributed by atoms with Crippen LogP contribution < -0.4 is 0 Å². The van der Waals surface area contributed by atoms with Crippen molar-refractivity contribution in [2.24, 2.45) is 0 Å². The number of aromatic amines is 1. The molecule has 0 radical (unpaired) electrons. The molecule has 0 atom stereocenters. The SMILES string of the molecule is O=[N+]([O-])c1ccc2[nH]cc(CCc3ccncc3)c2c1. The van der Waals surface area contributed by atoms with E-state index in [9.17, 15) is 10.1 Å². The van der Waals surface area contributed by atoms with Crippen molar-refractivity contribution in [1.29, 1.82) is 0 Å². The Balaban J connectivity index is 1.88. The molecule has 0 aliphatic rings. The van der Waals surface area contributed by atoms with Crippen LogP contribution in [0.15, 0.2) is 48.9 Å². The van der Waals surface area contributed by atoms with E-state index in [1.807, 2.05) is 18.3 Å². The minimum Gasteiger partial charge on any atom is -0.361 e. The van der Waals surface area contributed by atoms with Crippen LogP contribution in [0.4, 0.5) is 5.69 Å². The first-order chi connectivity index (χ1) is 9.74. The molecule has 3 rings (SSSR count). The fraction of sp³-hybridized carbons (Fsp3) is 0.133. The second kappa shape index (κ2) is 5.13. The summed E-state index contributed by atoms with van der Waals surface area (Å²) in [6, 6.07) is 8.87. The zero-order valence-electron chi connectivity index (χ0n) is 10.7. The molecule has 0 saturated heterocycles. The van der Waals surface area contributed by atoms with Gasteiger partial charge in [-0.15, -0.1) is 0 Å². The highest BCUT2D eigenvalue weighted by Crippen LogP contribution is 2.24. The van der Waals surface area contributed by atoms with E-state index in [0.29, 0.717) is 0 Å². The second-order valence-electron chi connectivity index (χ2n) is 4.66. The van der Waals surface area contributed by atoms with Gasteiger partial charge in [-0.25, -0.2) is 0 Å². The van der Waals surface area contributed by atoms with Crippen LogP contribution in [0.2, 0.25) is 0 Å². The van der Waals surface area contributed by atoms with Gasteiger partial charge >= 0.3 is 0 Å². The van der Waals surface area contributed by atoms with Gasteiger partial charge in [0.25, 0.3) is 5.69 Å². The second-order valence-corrected chi connectivity index (χ2v) is 4.66. The van der Waals surface area contributed by atoms with Crippen molar-refractivity contribution in [3.05, 3.63) is 70.2 Å². The summed E-state index contributed by atoms with van der Waals surface area (Å²) in [6.45, 7) is 0. The topological polar surface area (TPSA) is 71.8 Å². The van der Waals surface area contributed by atoms with Crippen LogP contribution in [0.1, 0.15) is 11.1 Å². The number of nitro groups is 1. The predicted octanol–water partition coefficient (Wildman–Crippen LogP) is 3.26. The molecule has 100 valence electrons. The maximum atomic E-state index is 10.8. The average molecular weight is 267 g/mol. The standard InChI is InChI=1S/C15H13N3O2/c19-18(20)13-3-4-15-14(9-13)12(10-17-15)2-1-11-5-7-16-8-6-11/h3-10,17H,1-2H2. The van der Waals surface area contributed by atoms with Gasteiger partial charge in [-0.1, -0.05) is 0 Å². The molecule has 2 heterocycles. The third-order valence-electron chi connectivity index (χ3n) is 3.39. The third kappa shape index (κ3) is 2.38. The van der Waals surface area contributed by atoms with Crippen LogP contribution in [0, 0.1) is 10.1 Å². The van der Waals surface area contributed by atoms with Crippen molar-refractivity contribution in [2.45, 2.75) is 12.8 Å². The Morgan fingerprint density at radius 2 is 1.95 bits per heavy atom. The molecule has 0 unspecified atom stereocenters. The monoisotopic (exact) mass is 267 g/mol. The van der Waals surface area contributed by atoms with Gasteiger partial charge in [-0.05, 0) is 42.2 Å². The largest absolute Gasteiger partial charge is 0.361 e. The van der Waals surface area contributed by atoms with Crippen molar-refractivity contribution in [3.8, 4) is 0 Å². The lowest BCUT2D eigenvalue weighted by Crippen LogP contribution is -1.91.